The van der Waals surface area contributed by atoms with Crippen molar-refractivity contribution in [2.75, 3.05) is 20.7 Å². The van der Waals surface area contributed by atoms with Crippen molar-refractivity contribution in [2.24, 2.45) is 0 Å². The van der Waals surface area contributed by atoms with Gasteiger partial charge >= 0.3 is 0 Å². The second-order valence-corrected chi connectivity index (χ2v) is 3.55. The molecule has 2 N–H and O–H groups in total. The van der Waals surface area contributed by atoms with Gasteiger partial charge in [-0.1, -0.05) is 12.1 Å². The van der Waals surface area contributed by atoms with Crippen molar-refractivity contribution in [3.8, 4) is 5.75 Å². The number of rotatable bonds is 5. The van der Waals surface area contributed by atoms with Crippen LogP contribution in [0.2, 0.25) is 0 Å². The van der Waals surface area contributed by atoms with Crippen molar-refractivity contribution >= 4 is 5.91 Å². The fraction of sp³-hybridized carbons (Fsp3) is 0.417. The Bertz CT molecular complexity index is 335. The molecule has 0 saturated carbocycles. The largest absolute Gasteiger partial charge is 0.497 e. The van der Waals surface area contributed by atoms with Gasteiger partial charge in [0.25, 0.3) is 0 Å². The maximum Gasteiger partial charge on any atom is 0.233 e. The summed E-state index contributed by atoms with van der Waals surface area (Å²) in [6.07, 6.45) is 0. The summed E-state index contributed by atoms with van der Waals surface area (Å²) in [4.78, 5) is 11.1. The summed E-state index contributed by atoms with van der Waals surface area (Å²) < 4.78 is 5.08. The Balaban J connectivity index is 2.52. The third-order valence-corrected chi connectivity index (χ3v) is 2.46. The van der Waals surface area contributed by atoms with Gasteiger partial charge in [0.05, 0.1) is 13.7 Å². The van der Waals surface area contributed by atoms with Crippen LogP contribution in [0.4, 0.5) is 0 Å². The van der Waals surface area contributed by atoms with Crippen molar-refractivity contribution in [1.29, 1.82) is 0 Å². The lowest BCUT2D eigenvalue weighted by atomic mass is 10.1. The number of benzene rings is 1. The molecular weight excluding hydrogens is 204 g/mol. The van der Waals surface area contributed by atoms with Gasteiger partial charge in [-0.15, -0.1) is 0 Å². The van der Waals surface area contributed by atoms with Crippen molar-refractivity contribution in [3.63, 3.8) is 0 Å². The van der Waals surface area contributed by atoms with E-state index >= 15 is 0 Å². The van der Waals surface area contributed by atoms with Crippen LogP contribution >= 0.6 is 0 Å². The van der Waals surface area contributed by atoms with Crippen molar-refractivity contribution in [2.45, 2.75) is 13.0 Å². The molecule has 1 amide bonds. The fourth-order valence-corrected chi connectivity index (χ4v) is 1.34. The first kappa shape index (κ1) is 12.5. The standard InChI is InChI=1S/C12H18N2O2/c1-9(14-8-12(15)13-2)10-4-6-11(16-3)7-5-10/h4-7,9,14H,8H2,1-3H3,(H,13,15). The van der Waals surface area contributed by atoms with Gasteiger partial charge in [0.1, 0.15) is 5.75 Å². The Morgan fingerprint density at radius 3 is 2.50 bits per heavy atom. The average molecular weight is 222 g/mol. The van der Waals surface area contributed by atoms with Crippen LogP contribution in [-0.4, -0.2) is 26.6 Å². The highest BCUT2D eigenvalue weighted by Gasteiger charge is 2.06. The molecule has 0 aliphatic carbocycles. The Kier molecular flexibility index (Phi) is 4.79. The molecular formula is C12H18N2O2. The molecule has 0 bridgehead atoms. The summed E-state index contributed by atoms with van der Waals surface area (Å²) in [6, 6.07) is 7.94. The highest BCUT2D eigenvalue weighted by atomic mass is 16.5. The molecule has 0 aliphatic heterocycles. The Hall–Kier alpha value is -1.55. The number of hydrogen-bond acceptors (Lipinski definition) is 3. The number of nitrogens with one attached hydrogen (secondary N) is 2. The lowest BCUT2D eigenvalue weighted by Crippen LogP contribution is -2.32. The Labute approximate surface area is 96.0 Å². The normalized spacial score (nSPS) is 11.9. The summed E-state index contributed by atoms with van der Waals surface area (Å²) in [7, 11) is 3.27. The zero-order valence-corrected chi connectivity index (χ0v) is 9.91. The number of carbonyl (C=O) groups is 1. The first-order valence-corrected chi connectivity index (χ1v) is 5.25. The van der Waals surface area contributed by atoms with E-state index in [1.54, 1.807) is 14.2 Å². The minimum atomic E-state index is -0.0136. The second-order valence-electron chi connectivity index (χ2n) is 3.55. The first-order chi connectivity index (χ1) is 7.67. The number of hydrogen-bond donors (Lipinski definition) is 2. The molecule has 0 saturated heterocycles. The molecule has 4 heteroatoms. The molecule has 1 unspecified atom stereocenters. The molecule has 0 heterocycles. The van der Waals surface area contributed by atoms with Crippen LogP contribution in [-0.2, 0) is 4.79 Å². The third kappa shape index (κ3) is 3.55. The molecule has 0 spiro atoms. The monoisotopic (exact) mass is 222 g/mol. The molecule has 88 valence electrons. The predicted octanol–water partition coefficient (Wildman–Crippen LogP) is 1.09. The number of ether oxygens (including phenoxy) is 1. The molecule has 0 radical (unpaired) electrons. The van der Waals surface area contributed by atoms with Gasteiger partial charge in [-0.3, -0.25) is 4.79 Å². The van der Waals surface area contributed by atoms with E-state index < -0.39 is 0 Å². The zero-order valence-electron chi connectivity index (χ0n) is 9.91. The van der Waals surface area contributed by atoms with Gasteiger partial charge < -0.3 is 15.4 Å². The Morgan fingerprint density at radius 1 is 1.38 bits per heavy atom. The van der Waals surface area contributed by atoms with Crippen LogP contribution in [0, 0.1) is 0 Å². The molecule has 1 rings (SSSR count). The van der Waals surface area contributed by atoms with Gasteiger partial charge in [-0.2, -0.15) is 0 Å². The van der Waals surface area contributed by atoms with Gasteiger partial charge in [0, 0.05) is 13.1 Å². The molecule has 1 atom stereocenters. The number of carbonyl (C=O) groups excluding carboxylic acids is 1. The number of amides is 1. The third-order valence-electron chi connectivity index (χ3n) is 2.46. The highest BCUT2D eigenvalue weighted by molar-refractivity contribution is 5.77. The highest BCUT2D eigenvalue weighted by Crippen LogP contribution is 2.16. The van der Waals surface area contributed by atoms with E-state index in [-0.39, 0.29) is 11.9 Å². The maximum absolute atomic E-state index is 11.1. The lowest BCUT2D eigenvalue weighted by Gasteiger charge is -2.13. The molecule has 4 nitrogen and oxygen atoms in total. The van der Waals surface area contributed by atoms with Crippen LogP contribution in [0.1, 0.15) is 18.5 Å². The van der Waals surface area contributed by atoms with Crippen molar-refractivity contribution in [3.05, 3.63) is 29.8 Å². The molecule has 16 heavy (non-hydrogen) atoms. The summed E-state index contributed by atoms with van der Waals surface area (Å²) in [5.74, 6) is 0.822. The zero-order chi connectivity index (χ0) is 12.0. The maximum atomic E-state index is 11.1. The lowest BCUT2D eigenvalue weighted by molar-refractivity contribution is -0.119. The fourth-order valence-electron chi connectivity index (χ4n) is 1.34. The van der Waals surface area contributed by atoms with Gasteiger partial charge in [-0.05, 0) is 24.6 Å². The molecule has 1 aromatic rings. The smallest absolute Gasteiger partial charge is 0.233 e. The van der Waals surface area contributed by atoms with E-state index in [1.807, 2.05) is 31.2 Å². The van der Waals surface area contributed by atoms with Crippen LogP contribution in [0.15, 0.2) is 24.3 Å². The SMILES string of the molecule is CNC(=O)CNC(C)c1ccc(OC)cc1. The second kappa shape index (κ2) is 6.12. The van der Waals surface area contributed by atoms with Gasteiger partial charge in [0.2, 0.25) is 5.91 Å². The summed E-state index contributed by atoms with van der Waals surface area (Å²) in [5.41, 5.74) is 1.13. The number of methoxy groups -OCH3 is 1. The van der Waals surface area contributed by atoms with Crippen LogP contribution in [0.3, 0.4) is 0 Å². The van der Waals surface area contributed by atoms with E-state index in [4.69, 9.17) is 4.74 Å². The van der Waals surface area contributed by atoms with E-state index in [2.05, 4.69) is 10.6 Å². The van der Waals surface area contributed by atoms with Crippen LogP contribution in [0.5, 0.6) is 5.75 Å². The van der Waals surface area contributed by atoms with Gasteiger partial charge in [-0.25, -0.2) is 0 Å². The van der Waals surface area contributed by atoms with E-state index in [0.29, 0.717) is 6.54 Å². The average Bonchev–Trinajstić information content (AvgIpc) is 2.35. The molecule has 0 aliphatic rings. The first-order valence-electron chi connectivity index (χ1n) is 5.25. The molecule has 0 aromatic heterocycles. The Morgan fingerprint density at radius 2 is 2.00 bits per heavy atom. The number of likely N-dealkylation sites (N-methyl/N-ethyl adjacent to an activating group) is 1. The van der Waals surface area contributed by atoms with Crippen molar-refractivity contribution in [1.82, 2.24) is 10.6 Å². The minimum Gasteiger partial charge on any atom is -0.497 e. The van der Waals surface area contributed by atoms with Crippen molar-refractivity contribution < 1.29 is 9.53 Å². The minimum absolute atomic E-state index is 0.0136. The van der Waals surface area contributed by atoms with E-state index in [9.17, 15) is 4.79 Å². The summed E-state index contributed by atoms with van der Waals surface area (Å²) in [5, 5.41) is 5.70. The summed E-state index contributed by atoms with van der Waals surface area (Å²) in [6.45, 7) is 2.34. The molecule has 0 fully saturated rings. The van der Waals surface area contributed by atoms with Gasteiger partial charge in [0.15, 0.2) is 0 Å². The summed E-state index contributed by atoms with van der Waals surface area (Å²) >= 11 is 0. The predicted molar refractivity (Wildman–Crippen MR) is 63.5 cm³/mol. The van der Waals surface area contributed by atoms with E-state index in [0.717, 1.165) is 11.3 Å². The van der Waals surface area contributed by atoms with Crippen LogP contribution < -0.4 is 15.4 Å². The quantitative estimate of drug-likeness (QED) is 0.784. The van der Waals surface area contributed by atoms with E-state index in [1.165, 1.54) is 0 Å². The molecule has 1 aromatic carbocycles. The topological polar surface area (TPSA) is 50.4 Å². The van der Waals surface area contributed by atoms with Crippen LogP contribution in [0.25, 0.3) is 0 Å².